The van der Waals surface area contributed by atoms with Gasteiger partial charge in [-0.15, -0.1) is 0 Å². The average molecular weight is 439 g/mol. The second-order valence-corrected chi connectivity index (χ2v) is 8.03. The lowest BCUT2D eigenvalue weighted by atomic mass is 9.90. The number of amides is 2. The third kappa shape index (κ3) is 6.54. The number of carboxylic acids is 1. The Morgan fingerprint density at radius 3 is 2.78 bits per heavy atom. The molecule has 1 atom stereocenters. The summed E-state index contributed by atoms with van der Waals surface area (Å²) in [6.45, 7) is 3.04. The highest BCUT2D eigenvalue weighted by atomic mass is 16.4. The number of nitrogens with zero attached hydrogens (tertiary/aromatic N) is 2. The van der Waals surface area contributed by atoms with Crippen LogP contribution in [-0.4, -0.2) is 52.4 Å². The maximum atomic E-state index is 12.8. The quantitative estimate of drug-likeness (QED) is 0.492. The molecule has 1 aromatic carbocycles. The Kier molecular flexibility index (Phi) is 8.19. The molecule has 0 aliphatic carbocycles. The van der Waals surface area contributed by atoms with E-state index in [0.717, 1.165) is 28.9 Å². The number of hydrogen-bond acceptors (Lipinski definition) is 5. The summed E-state index contributed by atoms with van der Waals surface area (Å²) < 4.78 is 0. The van der Waals surface area contributed by atoms with Gasteiger partial charge in [0.15, 0.2) is 0 Å². The summed E-state index contributed by atoms with van der Waals surface area (Å²) in [6.07, 6.45) is 4.11. The zero-order valence-corrected chi connectivity index (χ0v) is 18.3. The number of benzene rings is 1. The van der Waals surface area contributed by atoms with Gasteiger partial charge in [-0.1, -0.05) is 24.3 Å². The van der Waals surface area contributed by atoms with Crippen molar-refractivity contribution in [1.82, 2.24) is 15.2 Å². The molecule has 8 nitrogen and oxygen atoms in total. The Labute approximate surface area is 188 Å². The van der Waals surface area contributed by atoms with Gasteiger partial charge in [0.05, 0.1) is 19.0 Å². The van der Waals surface area contributed by atoms with E-state index >= 15 is 0 Å². The van der Waals surface area contributed by atoms with E-state index in [0.29, 0.717) is 32.4 Å². The predicted octanol–water partition coefficient (Wildman–Crippen LogP) is 2.69. The van der Waals surface area contributed by atoms with Crippen molar-refractivity contribution in [1.29, 1.82) is 0 Å². The van der Waals surface area contributed by atoms with Crippen LogP contribution in [0.25, 0.3) is 0 Å². The molecule has 3 N–H and O–H groups in total. The van der Waals surface area contributed by atoms with Gasteiger partial charge in [-0.3, -0.25) is 14.4 Å². The monoisotopic (exact) mass is 438 g/mol. The molecule has 0 bridgehead atoms. The number of aliphatic carboxylic acids is 1. The van der Waals surface area contributed by atoms with Crippen molar-refractivity contribution in [2.45, 2.75) is 45.1 Å². The molecule has 2 heterocycles. The van der Waals surface area contributed by atoms with Crippen LogP contribution in [0, 0.1) is 6.92 Å². The van der Waals surface area contributed by atoms with Crippen molar-refractivity contribution >= 4 is 23.6 Å². The Morgan fingerprint density at radius 2 is 2.00 bits per heavy atom. The predicted molar refractivity (Wildman–Crippen MR) is 121 cm³/mol. The topological polar surface area (TPSA) is 112 Å². The number of aromatic nitrogens is 1. The van der Waals surface area contributed by atoms with Gasteiger partial charge in [0, 0.05) is 25.7 Å². The lowest BCUT2D eigenvalue weighted by Gasteiger charge is -2.36. The number of pyridine rings is 1. The first-order chi connectivity index (χ1) is 15.4. The summed E-state index contributed by atoms with van der Waals surface area (Å²) in [5, 5.41) is 15.2. The van der Waals surface area contributed by atoms with Gasteiger partial charge in [-0.2, -0.15) is 0 Å². The van der Waals surface area contributed by atoms with E-state index in [-0.39, 0.29) is 24.8 Å². The zero-order chi connectivity index (χ0) is 22.9. The van der Waals surface area contributed by atoms with Gasteiger partial charge in [0.1, 0.15) is 5.82 Å². The molecular weight excluding hydrogens is 408 g/mol. The summed E-state index contributed by atoms with van der Waals surface area (Å²) in [6, 6.07) is 11.0. The highest BCUT2D eigenvalue weighted by Gasteiger charge is 2.32. The van der Waals surface area contributed by atoms with Crippen LogP contribution in [0.4, 0.5) is 5.82 Å². The van der Waals surface area contributed by atoms with E-state index in [1.807, 2.05) is 43.3 Å². The van der Waals surface area contributed by atoms with E-state index < -0.39 is 12.0 Å². The minimum Gasteiger partial charge on any atom is -0.481 e. The molecule has 32 heavy (non-hydrogen) atoms. The van der Waals surface area contributed by atoms with Gasteiger partial charge in [-0.25, -0.2) is 4.98 Å². The summed E-state index contributed by atoms with van der Waals surface area (Å²) in [4.78, 5) is 42.1. The number of aryl methyl sites for hydroxylation is 1. The summed E-state index contributed by atoms with van der Waals surface area (Å²) in [7, 11) is 0. The minimum atomic E-state index is -0.956. The van der Waals surface area contributed by atoms with Crippen LogP contribution < -0.4 is 10.6 Å². The lowest BCUT2D eigenvalue weighted by molar-refractivity contribution is -0.141. The van der Waals surface area contributed by atoms with Crippen LogP contribution in [0.5, 0.6) is 0 Å². The smallest absolute Gasteiger partial charge is 0.305 e. The Hall–Kier alpha value is -3.42. The van der Waals surface area contributed by atoms with Crippen LogP contribution in [0.15, 0.2) is 42.6 Å². The van der Waals surface area contributed by atoms with Crippen molar-refractivity contribution < 1.29 is 19.5 Å². The van der Waals surface area contributed by atoms with Crippen LogP contribution in [0.3, 0.4) is 0 Å². The van der Waals surface area contributed by atoms with Gasteiger partial charge in [0.2, 0.25) is 11.8 Å². The highest BCUT2D eigenvalue weighted by Crippen LogP contribution is 2.32. The first-order valence-electron chi connectivity index (χ1n) is 11.0. The molecule has 0 saturated heterocycles. The summed E-state index contributed by atoms with van der Waals surface area (Å²) in [5.41, 5.74) is 3.08. The maximum Gasteiger partial charge on any atom is 0.305 e. The molecule has 0 fully saturated rings. The molecular formula is C24H30N4O4. The Bertz CT molecular complexity index is 963. The fourth-order valence-corrected chi connectivity index (χ4v) is 3.96. The van der Waals surface area contributed by atoms with Crippen LogP contribution in [0.2, 0.25) is 0 Å². The number of rotatable bonds is 10. The SMILES string of the molecule is Cc1ccnc(NCCCCC(=O)NCC(=O)N2CCc3ccccc3C2CC(=O)O)c1. The van der Waals surface area contributed by atoms with Crippen molar-refractivity contribution in [3.63, 3.8) is 0 Å². The van der Waals surface area contributed by atoms with E-state index in [9.17, 15) is 19.5 Å². The molecule has 0 radical (unpaired) electrons. The Balaban J connectivity index is 1.42. The molecule has 170 valence electrons. The fourth-order valence-electron chi connectivity index (χ4n) is 3.96. The second-order valence-electron chi connectivity index (χ2n) is 8.03. The molecule has 0 saturated carbocycles. The fraction of sp³-hybridized carbons (Fsp3) is 0.417. The molecule has 3 rings (SSSR count). The van der Waals surface area contributed by atoms with Gasteiger partial charge < -0.3 is 20.6 Å². The third-order valence-electron chi connectivity index (χ3n) is 5.59. The minimum absolute atomic E-state index is 0.122. The lowest BCUT2D eigenvalue weighted by Crippen LogP contribution is -2.45. The molecule has 1 aliphatic heterocycles. The number of hydrogen-bond donors (Lipinski definition) is 3. The number of carboxylic acid groups (broad SMARTS) is 1. The Morgan fingerprint density at radius 1 is 1.19 bits per heavy atom. The molecule has 2 amide bonds. The van der Waals surface area contributed by atoms with Crippen molar-refractivity contribution in [3.05, 3.63) is 59.3 Å². The van der Waals surface area contributed by atoms with Crippen LogP contribution in [0.1, 0.15) is 48.4 Å². The molecule has 1 aromatic heterocycles. The maximum absolute atomic E-state index is 12.8. The molecule has 8 heteroatoms. The van der Waals surface area contributed by atoms with Gasteiger partial charge >= 0.3 is 5.97 Å². The number of fused-ring (bicyclic) bond motifs is 1. The standard InChI is InChI=1S/C24H30N4O4/c1-17-9-12-26-21(14-17)25-11-5-4-8-22(29)27-16-23(30)28-13-10-18-6-2-3-7-19(18)20(28)15-24(31)32/h2-3,6-7,9,12,14,20H,4-5,8,10-11,13,15-16H2,1H3,(H,25,26)(H,27,29)(H,31,32). The number of anilines is 1. The molecule has 0 spiro atoms. The van der Waals surface area contributed by atoms with Gasteiger partial charge in [0.25, 0.3) is 0 Å². The molecule has 2 aromatic rings. The largest absolute Gasteiger partial charge is 0.481 e. The van der Waals surface area contributed by atoms with E-state index in [1.54, 1.807) is 11.1 Å². The number of unbranched alkanes of at least 4 members (excludes halogenated alkanes) is 1. The van der Waals surface area contributed by atoms with E-state index in [2.05, 4.69) is 15.6 Å². The molecule has 1 aliphatic rings. The third-order valence-corrected chi connectivity index (χ3v) is 5.59. The molecule has 1 unspecified atom stereocenters. The van der Waals surface area contributed by atoms with Crippen molar-refractivity contribution in [2.75, 3.05) is 25.0 Å². The number of carbonyl (C=O) groups excluding carboxylic acids is 2. The highest BCUT2D eigenvalue weighted by molar-refractivity contribution is 5.85. The van der Waals surface area contributed by atoms with E-state index in [4.69, 9.17) is 0 Å². The number of carbonyl (C=O) groups is 3. The van der Waals surface area contributed by atoms with Crippen molar-refractivity contribution in [2.24, 2.45) is 0 Å². The summed E-state index contributed by atoms with van der Waals surface area (Å²) >= 11 is 0. The summed E-state index contributed by atoms with van der Waals surface area (Å²) in [5.74, 6) is -0.576. The van der Waals surface area contributed by atoms with E-state index in [1.165, 1.54) is 0 Å². The van der Waals surface area contributed by atoms with Gasteiger partial charge in [-0.05, 0) is 55.0 Å². The van der Waals surface area contributed by atoms with Crippen LogP contribution in [-0.2, 0) is 20.8 Å². The van der Waals surface area contributed by atoms with Crippen LogP contribution >= 0.6 is 0 Å². The normalized spacial score (nSPS) is 15.0. The average Bonchev–Trinajstić information content (AvgIpc) is 2.77. The van der Waals surface area contributed by atoms with Crippen molar-refractivity contribution in [3.8, 4) is 0 Å². The number of nitrogens with one attached hydrogen (secondary N) is 2. The second kappa shape index (κ2) is 11.3. The first-order valence-corrected chi connectivity index (χ1v) is 11.0. The zero-order valence-electron chi connectivity index (χ0n) is 18.3. The first kappa shape index (κ1) is 23.2.